The van der Waals surface area contributed by atoms with Crippen molar-refractivity contribution >= 4 is 35.2 Å². The zero-order chi connectivity index (χ0) is 18.6. The lowest BCUT2D eigenvalue weighted by Crippen LogP contribution is -2.24. The van der Waals surface area contributed by atoms with E-state index < -0.39 is 0 Å². The predicted molar refractivity (Wildman–Crippen MR) is 107 cm³/mol. The van der Waals surface area contributed by atoms with Crippen molar-refractivity contribution in [3.8, 4) is 0 Å². The highest BCUT2D eigenvalue weighted by atomic mass is 35.5. The fourth-order valence-corrected chi connectivity index (χ4v) is 2.89. The zero-order valence-electron chi connectivity index (χ0n) is 14.9. The van der Waals surface area contributed by atoms with Crippen LogP contribution >= 0.6 is 23.2 Å². The maximum absolute atomic E-state index is 12.1. The Morgan fingerprint density at radius 3 is 2.28 bits per heavy atom. The lowest BCUT2D eigenvalue weighted by Gasteiger charge is -2.20. The zero-order valence-corrected chi connectivity index (χ0v) is 16.4. The summed E-state index contributed by atoms with van der Waals surface area (Å²) in [4.78, 5) is 12.1. The second-order valence-corrected chi connectivity index (χ2v) is 7.95. The molecule has 132 valence electrons. The fraction of sp³-hybridized carbons (Fsp3) is 0.286. The van der Waals surface area contributed by atoms with Crippen LogP contribution in [0.5, 0.6) is 0 Å². The lowest BCUT2D eigenvalue weighted by molar-refractivity contribution is -0.117. The summed E-state index contributed by atoms with van der Waals surface area (Å²) in [6.45, 7) is 8.51. The Labute approximate surface area is 159 Å². The van der Waals surface area contributed by atoms with Crippen LogP contribution in [-0.2, 0) is 10.2 Å². The van der Waals surface area contributed by atoms with Crippen molar-refractivity contribution in [2.75, 3.05) is 0 Å². The van der Waals surface area contributed by atoms with E-state index >= 15 is 0 Å². The topological polar surface area (TPSA) is 29.1 Å². The van der Waals surface area contributed by atoms with Gasteiger partial charge in [0.1, 0.15) is 0 Å². The molecule has 1 atom stereocenters. The molecule has 0 bridgehead atoms. The van der Waals surface area contributed by atoms with Crippen LogP contribution < -0.4 is 5.32 Å². The average Bonchev–Trinajstić information content (AvgIpc) is 2.53. The molecule has 2 rings (SSSR count). The lowest BCUT2D eigenvalue weighted by atomic mass is 9.86. The van der Waals surface area contributed by atoms with E-state index in [1.165, 1.54) is 11.6 Å². The number of hydrogen-bond donors (Lipinski definition) is 1. The number of carbonyl (C=O) groups excluding carboxylic acids is 1. The Kier molecular flexibility index (Phi) is 6.31. The van der Waals surface area contributed by atoms with E-state index in [1.54, 1.807) is 24.3 Å². The molecule has 0 saturated carbocycles. The SMILES string of the molecule is C[C@@H](NC(=O)/C=C/c1ccc(Cl)cc1Cl)c1ccc(C(C)(C)C)cc1. The van der Waals surface area contributed by atoms with E-state index in [0.717, 1.165) is 11.1 Å². The summed E-state index contributed by atoms with van der Waals surface area (Å²) >= 11 is 12.0. The van der Waals surface area contributed by atoms with Crippen LogP contribution in [-0.4, -0.2) is 5.91 Å². The van der Waals surface area contributed by atoms with Crippen molar-refractivity contribution < 1.29 is 4.79 Å². The molecular formula is C21H23Cl2NO. The third kappa shape index (κ3) is 5.62. The third-order valence-electron chi connectivity index (χ3n) is 4.01. The molecule has 1 N–H and O–H groups in total. The van der Waals surface area contributed by atoms with Gasteiger partial charge in [0.25, 0.3) is 0 Å². The second kappa shape index (κ2) is 8.07. The van der Waals surface area contributed by atoms with Crippen molar-refractivity contribution in [2.24, 2.45) is 0 Å². The first-order valence-corrected chi connectivity index (χ1v) is 8.96. The largest absolute Gasteiger partial charge is 0.346 e. The summed E-state index contributed by atoms with van der Waals surface area (Å²) in [5.41, 5.74) is 3.21. The molecule has 0 aromatic heterocycles. The van der Waals surface area contributed by atoms with Crippen LogP contribution in [0.4, 0.5) is 0 Å². The smallest absolute Gasteiger partial charge is 0.244 e. The number of halogens is 2. The van der Waals surface area contributed by atoms with Crippen molar-refractivity contribution in [1.82, 2.24) is 5.32 Å². The first kappa shape index (κ1) is 19.6. The Bertz CT molecular complexity index is 773. The molecule has 0 fully saturated rings. The standard InChI is InChI=1S/C21H23Cl2NO/c1-14(15-5-9-17(10-6-15)21(2,3)4)24-20(25)12-8-16-7-11-18(22)13-19(16)23/h5-14H,1-4H3,(H,24,25)/b12-8+/t14-/m1/s1. The molecule has 0 aliphatic heterocycles. The van der Waals surface area contributed by atoms with E-state index in [4.69, 9.17) is 23.2 Å². The molecule has 0 radical (unpaired) electrons. The summed E-state index contributed by atoms with van der Waals surface area (Å²) in [5, 5.41) is 4.05. The first-order valence-electron chi connectivity index (χ1n) is 8.21. The van der Waals surface area contributed by atoms with Crippen molar-refractivity contribution in [3.05, 3.63) is 75.3 Å². The van der Waals surface area contributed by atoms with E-state index in [-0.39, 0.29) is 17.4 Å². The van der Waals surface area contributed by atoms with E-state index in [9.17, 15) is 4.79 Å². The minimum absolute atomic E-state index is 0.0770. The Morgan fingerprint density at radius 1 is 1.08 bits per heavy atom. The molecule has 0 heterocycles. The molecule has 2 aromatic carbocycles. The van der Waals surface area contributed by atoms with Gasteiger partial charge < -0.3 is 5.32 Å². The first-order chi connectivity index (χ1) is 11.7. The fourth-order valence-electron chi connectivity index (χ4n) is 2.42. The summed E-state index contributed by atoms with van der Waals surface area (Å²) in [6.07, 6.45) is 3.17. The normalized spacial score (nSPS) is 13.0. The van der Waals surface area contributed by atoms with Crippen molar-refractivity contribution in [3.63, 3.8) is 0 Å². The van der Waals surface area contributed by atoms with Gasteiger partial charge in [-0.15, -0.1) is 0 Å². The highest BCUT2D eigenvalue weighted by molar-refractivity contribution is 6.35. The van der Waals surface area contributed by atoms with Gasteiger partial charge in [0, 0.05) is 16.1 Å². The molecule has 0 spiro atoms. The van der Waals surface area contributed by atoms with Crippen molar-refractivity contribution in [2.45, 2.75) is 39.2 Å². The summed E-state index contributed by atoms with van der Waals surface area (Å²) in [6, 6.07) is 13.4. The third-order valence-corrected chi connectivity index (χ3v) is 4.57. The highest BCUT2D eigenvalue weighted by Gasteiger charge is 2.14. The van der Waals surface area contributed by atoms with Crippen molar-refractivity contribution in [1.29, 1.82) is 0 Å². The summed E-state index contributed by atoms with van der Waals surface area (Å²) in [5.74, 6) is -0.168. The molecule has 2 nitrogen and oxygen atoms in total. The second-order valence-electron chi connectivity index (χ2n) is 7.10. The van der Waals surface area contributed by atoms with Crippen LogP contribution in [0, 0.1) is 0 Å². The molecular weight excluding hydrogens is 353 g/mol. The van der Waals surface area contributed by atoms with Gasteiger partial charge in [-0.1, -0.05) is 74.3 Å². The maximum Gasteiger partial charge on any atom is 0.244 e. The van der Waals surface area contributed by atoms with E-state index in [2.05, 4.69) is 50.4 Å². The van der Waals surface area contributed by atoms with Crippen LogP contribution in [0.15, 0.2) is 48.5 Å². The maximum atomic E-state index is 12.1. The molecule has 25 heavy (non-hydrogen) atoms. The molecule has 1 amide bonds. The number of rotatable bonds is 4. The number of nitrogens with one attached hydrogen (secondary N) is 1. The van der Waals surface area contributed by atoms with Gasteiger partial charge in [0.2, 0.25) is 5.91 Å². The number of amides is 1. The van der Waals surface area contributed by atoms with E-state index in [0.29, 0.717) is 10.0 Å². The monoisotopic (exact) mass is 375 g/mol. The minimum Gasteiger partial charge on any atom is -0.346 e. The predicted octanol–water partition coefficient (Wildman–Crippen LogP) is 6.18. The van der Waals surface area contributed by atoms with Crippen LogP contribution in [0.3, 0.4) is 0 Å². The van der Waals surface area contributed by atoms with Gasteiger partial charge in [-0.2, -0.15) is 0 Å². The molecule has 0 unspecified atom stereocenters. The Balaban J connectivity index is 2.01. The average molecular weight is 376 g/mol. The minimum atomic E-state index is -0.168. The number of benzene rings is 2. The molecule has 0 aliphatic carbocycles. The number of carbonyl (C=O) groups is 1. The van der Waals surface area contributed by atoms with Crippen LogP contribution in [0.2, 0.25) is 10.0 Å². The van der Waals surface area contributed by atoms with E-state index in [1.807, 2.05) is 6.92 Å². The van der Waals surface area contributed by atoms with Gasteiger partial charge in [0.05, 0.1) is 6.04 Å². The molecule has 0 saturated heterocycles. The number of hydrogen-bond acceptors (Lipinski definition) is 1. The molecule has 4 heteroatoms. The van der Waals surface area contributed by atoms with Gasteiger partial charge in [0.15, 0.2) is 0 Å². The highest BCUT2D eigenvalue weighted by Crippen LogP contribution is 2.24. The van der Waals surface area contributed by atoms with Gasteiger partial charge in [-0.05, 0) is 47.2 Å². The summed E-state index contributed by atoms with van der Waals surface area (Å²) < 4.78 is 0. The van der Waals surface area contributed by atoms with Crippen LogP contribution in [0.1, 0.15) is 50.4 Å². The molecule has 0 aliphatic rings. The molecule has 2 aromatic rings. The Morgan fingerprint density at radius 2 is 1.72 bits per heavy atom. The van der Waals surface area contributed by atoms with Gasteiger partial charge in [-0.25, -0.2) is 0 Å². The quantitative estimate of drug-likeness (QED) is 0.634. The summed E-state index contributed by atoms with van der Waals surface area (Å²) in [7, 11) is 0. The Hall–Kier alpha value is -1.77. The van der Waals surface area contributed by atoms with Gasteiger partial charge >= 0.3 is 0 Å². The van der Waals surface area contributed by atoms with Crippen LogP contribution in [0.25, 0.3) is 6.08 Å². The van der Waals surface area contributed by atoms with Gasteiger partial charge in [-0.3, -0.25) is 4.79 Å².